The number of hydrogen-bond donors (Lipinski definition) is 2. The van der Waals surface area contributed by atoms with Gasteiger partial charge in [-0.3, -0.25) is 4.79 Å². The molecule has 0 aliphatic heterocycles. The number of benzene rings is 2. The van der Waals surface area contributed by atoms with Crippen LogP contribution < -0.4 is 10.9 Å². The van der Waals surface area contributed by atoms with Gasteiger partial charge in [0.2, 0.25) is 5.55 Å². The van der Waals surface area contributed by atoms with Crippen molar-refractivity contribution in [2.45, 2.75) is 13.8 Å². The van der Waals surface area contributed by atoms with Crippen LogP contribution in [0.2, 0.25) is 0 Å². The second-order valence-electron chi connectivity index (χ2n) is 6.93. The first-order chi connectivity index (χ1) is 14.4. The number of rotatable bonds is 3. The molecule has 4 rings (SSSR count). The largest absolute Gasteiger partial charge is 0.508 e. The van der Waals surface area contributed by atoms with E-state index in [1.807, 2.05) is 13.0 Å². The van der Waals surface area contributed by atoms with Gasteiger partial charge in [0.25, 0.3) is 5.91 Å². The van der Waals surface area contributed by atoms with Crippen molar-refractivity contribution in [1.82, 2.24) is 4.98 Å². The summed E-state index contributed by atoms with van der Waals surface area (Å²) in [6, 6.07) is 14.2. The molecule has 0 radical (unpaired) electrons. The van der Waals surface area contributed by atoms with Crippen molar-refractivity contribution in [1.29, 1.82) is 0 Å². The molecule has 1 amide bonds. The molecule has 0 unspecified atom stereocenters. The number of aryl methyl sites for hydroxylation is 2. The van der Waals surface area contributed by atoms with E-state index >= 15 is 0 Å². The molecular weight excluding hydrogens is 385 g/mol. The number of phenols is 1. The molecule has 0 saturated carbocycles. The van der Waals surface area contributed by atoms with Gasteiger partial charge in [0.05, 0.1) is 0 Å². The number of hydrogen-bond acceptors (Lipinski definition) is 5. The lowest BCUT2D eigenvalue weighted by Crippen LogP contribution is -2.22. The van der Waals surface area contributed by atoms with E-state index in [9.17, 15) is 14.3 Å². The van der Waals surface area contributed by atoms with Crippen LogP contribution in [0.4, 0.5) is 15.9 Å². The van der Waals surface area contributed by atoms with Crippen molar-refractivity contribution >= 4 is 28.4 Å². The molecule has 6 nitrogen and oxygen atoms in total. The predicted octanol–water partition coefficient (Wildman–Crippen LogP) is 4.77. The van der Waals surface area contributed by atoms with E-state index in [4.69, 9.17) is 4.42 Å². The molecule has 150 valence electrons. The molecule has 7 heteroatoms. The lowest BCUT2D eigenvalue weighted by molar-refractivity contribution is 0.102. The van der Waals surface area contributed by atoms with E-state index in [1.54, 1.807) is 37.4 Å². The van der Waals surface area contributed by atoms with E-state index in [0.717, 1.165) is 11.1 Å². The van der Waals surface area contributed by atoms with Crippen molar-refractivity contribution in [3.8, 4) is 5.75 Å². The summed E-state index contributed by atoms with van der Waals surface area (Å²) in [6.45, 7) is 3.66. The van der Waals surface area contributed by atoms with Crippen LogP contribution >= 0.6 is 0 Å². The zero-order valence-electron chi connectivity index (χ0n) is 16.3. The minimum absolute atomic E-state index is 0.000210. The highest BCUT2D eigenvalue weighted by Crippen LogP contribution is 2.22. The van der Waals surface area contributed by atoms with E-state index in [-0.39, 0.29) is 22.6 Å². The molecule has 0 aliphatic carbocycles. The molecule has 0 atom stereocenters. The molecule has 0 fully saturated rings. The maximum absolute atomic E-state index is 14.3. The Hall–Kier alpha value is -4.00. The van der Waals surface area contributed by atoms with Gasteiger partial charge in [0, 0.05) is 17.6 Å². The average molecular weight is 403 g/mol. The molecule has 0 saturated heterocycles. The molecule has 4 aromatic rings. The van der Waals surface area contributed by atoms with Gasteiger partial charge >= 0.3 is 0 Å². The molecule has 0 spiro atoms. The van der Waals surface area contributed by atoms with Crippen LogP contribution in [-0.4, -0.2) is 16.0 Å². The smallest absolute Gasteiger partial charge is 0.262 e. The van der Waals surface area contributed by atoms with Gasteiger partial charge in [-0.1, -0.05) is 12.1 Å². The van der Waals surface area contributed by atoms with Crippen LogP contribution in [0.1, 0.15) is 21.5 Å². The van der Waals surface area contributed by atoms with Crippen LogP contribution in [0, 0.1) is 19.7 Å². The number of halogens is 1. The summed E-state index contributed by atoms with van der Waals surface area (Å²) in [5.74, 6) is -0.673. The van der Waals surface area contributed by atoms with Gasteiger partial charge < -0.3 is 14.8 Å². The molecule has 0 aliphatic rings. The standard InChI is InChI=1S/C23H18FN3O3/c1-13-3-7-19(18(24)9-13)26-23-17(10-15-5-6-16(28)11-20(15)30-23)22(29)27-21-8-4-14(2)12-25-21/h3-12,28H,1-2H3,(H,25,27,29). The second kappa shape index (κ2) is 7.79. The number of phenolic OH excluding ortho intramolecular Hbond substituents is 1. The maximum atomic E-state index is 14.3. The summed E-state index contributed by atoms with van der Waals surface area (Å²) in [7, 11) is 0. The first-order valence-corrected chi connectivity index (χ1v) is 9.21. The van der Waals surface area contributed by atoms with E-state index in [0.29, 0.717) is 16.8 Å². The number of pyridine rings is 1. The highest BCUT2D eigenvalue weighted by molar-refractivity contribution is 6.05. The minimum Gasteiger partial charge on any atom is -0.508 e. The lowest BCUT2D eigenvalue weighted by atomic mass is 10.1. The second-order valence-corrected chi connectivity index (χ2v) is 6.93. The van der Waals surface area contributed by atoms with Crippen LogP contribution in [0.3, 0.4) is 0 Å². The van der Waals surface area contributed by atoms with E-state index < -0.39 is 11.7 Å². The summed E-state index contributed by atoms with van der Waals surface area (Å²) in [4.78, 5) is 21.3. The first kappa shape index (κ1) is 19.3. The zero-order valence-corrected chi connectivity index (χ0v) is 16.3. The number of anilines is 1. The molecule has 0 bridgehead atoms. The zero-order chi connectivity index (χ0) is 21.3. The molecule has 2 aromatic carbocycles. The van der Waals surface area contributed by atoms with Crippen LogP contribution in [-0.2, 0) is 0 Å². The van der Waals surface area contributed by atoms with Gasteiger partial charge in [0.15, 0.2) is 0 Å². The fourth-order valence-corrected chi connectivity index (χ4v) is 2.89. The summed E-state index contributed by atoms with van der Waals surface area (Å²) < 4.78 is 20.1. The number of nitrogens with one attached hydrogen (secondary N) is 1. The highest BCUT2D eigenvalue weighted by atomic mass is 19.1. The van der Waals surface area contributed by atoms with Crippen molar-refractivity contribution in [2.75, 3.05) is 5.32 Å². The Labute approximate surface area is 171 Å². The number of aromatic hydroxyl groups is 1. The summed E-state index contributed by atoms with van der Waals surface area (Å²) in [5.41, 5.74) is 2.07. The molecule has 2 heterocycles. The normalized spacial score (nSPS) is 11.6. The fourth-order valence-electron chi connectivity index (χ4n) is 2.89. The quantitative estimate of drug-likeness (QED) is 0.516. The lowest BCUT2D eigenvalue weighted by Gasteiger charge is -2.07. The van der Waals surface area contributed by atoms with Gasteiger partial charge in [0.1, 0.15) is 34.2 Å². The van der Waals surface area contributed by atoms with Gasteiger partial charge in [-0.15, -0.1) is 0 Å². The average Bonchev–Trinajstić information content (AvgIpc) is 2.71. The number of carbonyl (C=O) groups is 1. The van der Waals surface area contributed by atoms with Crippen LogP contribution in [0.5, 0.6) is 5.75 Å². The van der Waals surface area contributed by atoms with Gasteiger partial charge in [-0.25, -0.2) is 14.4 Å². The van der Waals surface area contributed by atoms with Gasteiger partial charge in [-0.2, -0.15) is 0 Å². The Balaban J connectivity index is 1.86. The Morgan fingerprint density at radius 2 is 1.87 bits per heavy atom. The Morgan fingerprint density at radius 3 is 2.60 bits per heavy atom. The van der Waals surface area contributed by atoms with Gasteiger partial charge in [-0.05, 0) is 61.4 Å². The molecule has 30 heavy (non-hydrogen) atoms. The Morgan fingerprint density at radius 1 is 1.07 bits per heavy atom. The van der Waals surface area contributed by atoms with Crippen molar-refractivity contribution < 1.29 is 18.7 Å². The first-order valence-electron chi connectivity index (χ1n) is 9.21. The number of nitrogens with zero attached hydrogens (tertiary/aromatic N) is 2. The van der Waals surface area contributed by atoms with Crippen LogP contribution in [0.15, 0.2) is 70.2 Å². The molecular formula is C23H18FN3O3. The number of fused-ring (bicyclic) bond motifs is 1. The van der Waals surface area contributed by atoms with Crippen molar-refractivity contribution in [3.63, 3.8) is 0 Å². The monoisotopic (exact) mass is 403 g/mol. The third-order valence-electron chi connectivity index (χ3n) is 4.46. The fraction of sp³-hybridized carbons (Fsp3) is 0.0870. The maximum Gasteiger partial charge on any atom is 0.262 e. The highest BCUT2D eigenvalue weighted by Gasteiger charge is 2.15. The summed E-state index contributed by atoms with van der Waals surface area (Å²) in [5, 5.41) is 13.0. The third kappa shape index (κ3) is 4.05. The number of carbonyl (C=O) groups excluding carboxylic acids is 1. The minimum atomic E-state index is -0.534. The SMILES string of the molecule is Cc1ccc(NC(=O)c2cc3ccc(O)cc3oc2=Nc2ccc(C)cc2F)nc1. The van der Waals surface area contributed by atoms with Crippen molar-refractivity contribution in [2.24, 2.45) is 4.99 Å². The Bertz CT molecular complexity index is 1330. The summed E-state index contributed by atoms with van der Waals surface area (Å²) in [6.07, 6.45) is 1.64. The van der Waals surface area contributed by atoms with E-state index in [2.05, 4.69) is 15.3 Å². The predicted molar refractivity (Wildman–Crippen MR) is 111 cm³/mol. The summed E-state index contributed by atoms with van der Waals surface area (Å²) >= 11 is 0. The number of amides is 1. The Kier molecular flexibility index (Phi) is 5.02. The van der Waals surface area contributed by atoms with E-state index in [1.165, 1.54) is 24.3 Å². The topological polar surface area (TPSA) is 87.7 Å². The third-order valence-corrected chi connectivity index (χ3v) is 4.46. The van der Waals surface area contributed by atoms with Crippen molar-refractivity contribution in [3.05, 3.63) is 88.9 Å². The van der Waals surface area contributed by atoms with Crippen LogP contribution in [0.25, 0.3) is 11.0 Å². The number of aromatic nitrogens is 1. The molecule has 2 aromatic heterocycles. The molecule has 2 N–H and O–H groups in total.